The quantitative estimate of drug-likeness (QED) is 0.779. The van der Waals surface area contributed by atoms with Crippen LogP contribution in [0, 0.1) is 0 Å². The van der Waals surface area contributed by atoms with Crippen LogP contribution in [0.25, 0.3) is 0 Å². The van der Waals surface area contributed by atoms with Gasteiger partial charge in [0.25, 0.3) is 5.91 Å². The SMILES string of the molecule is CCCCNc1cc(C(=O)Nc2ccc(C(C)(C)C)cc2)ncn1. The monoisotopic (exact) mass is 326 g/mol. The molecule has 0 saturated carbocycles. The maximum atomic E-state index is 12.3. The van der Waals surface area contributed by atoms with Gasteiger partial charge in [-0.2, -0.15) is 0 Å². The summed E-state index contributed by atoms with van der Waals surface area (Å²) < 4.78 is 0. The largest absolute Gasteiger partial charge is 0.370 e. The highest BCUT2D eigenvalue weighted by Crippen LogP contribution is 2.23. The van der Waals surface area contributed by atoms with Crippen LogP contribution in [0.5, 0.6) is 0 Å². The first kappa shape index (κ1) is 17.9. The zero-order valence-electron chi connectivity index (χ0n) is 14.9. The first-order valence-electron chi connectivity index (χ1n) is 8.38. The highest BCUT2D eigenvalue weighted by Gasteiger charge is 2.14. The van der Waals surface area contributed by atoms with Crippen molar-refractivity contribution in [1.29, 1.82) is 0 Å². The Labute approximate surface area is 143 Å². The first-order chi connectivity index (χ1) is 11.4. The summed E-state index contributed by atoms with van der Waals surface area (Å²) in [6.45, 7) is 9.45. The van der Waals surface area contributed by atoms with Crippen molar-refractivity contribution < 1.29 is 4.79 Å². The van der Waals surface area contributed by atoms with Crippen LogP contribution >= 0.6 is 0 Å². The van der Waals surface area contributed by atoms with E-state index in [9.17, 15) is 4.79 Å². The van der Waals surface area contributed by atoms with Gasteiger partial charge < -0.3 is 10.6 Å². The Balaban J connectivity index is 2.03. The zero-order valence-corrected chi connectivity index (χ0v) is 14.9. The molecule has 1 heterocycles. The molecule has 1 aromatic carbocycles. The Kier molecular flexibility index (Phi) is 5.90. The number of nitrogens with one attached hydrogen (secondary N) is 2. The van der Waals surface area contributed by atoms with E-state index in [2.05, 4.69) is 48.3 Å². The number of carbonyl (C=O) groups is 1. The van der Waals surface area contributed by atoms with Gasteiger partial charge in [0, 0.05) is 18.3 Å². The molecule has 0 unspecified atom stereocenters. The average molecular weight is 326 g/mol. The summed E-state index contributed by atoms with van der Waals surface area (Å²) in [7, 11) is 0. The number of nitrogens with zero attached hydrogens (tertiary/aromatic N) is 2. The van der Waals surface area contributed by atoms with Gasteiger partial charge in [0.2, 0.25) is 0 Å². The van der Waals surface area contributed by atoms with Gasteiger partial charge in [-0.3, -0.25) is 4.79 Å². The van der Waals surface area contributed by atoms with Gasteiger partial charge in [-0.1, -0.05) is 46.2 Å². The second kappa shape index (κ2) is 7.90. The fourth-order valence-electron chi connectivity index (χ4n) is 2.22. The molecule has 0 spiro atoms. The Morgan fingerprint density at radius 2 is 1.83 bits per heavy atom. The van der Waals surface area contributed by atoms with E-state index >= 15 is 0 Å². The van der Waals surface area contributed by atoms with E-state index in [0.29, 0.717) is 11.5 Å². The smallest absolute Gasteiger partial charge is 0.274 e. The molecule has 0 radical (unpaired) electrons. The fourth-order valence-corrected chi connectivity index (χ4v) is 2.22. The maximum Gasteiger partial charge on any atom is 0.274 e. The Hall–Kier alpha value is -2.43. The number of anilines is 2. The predicted molar refractivity (Wildman–Crippen MR) is 98.5 cm³/mol. The van der Waals surface area contributed by atoms with Crippen molar-refractivity contribution in [2.75, 3.05) is 17.2 Å². The molecule has 0 bridgehead atoms. The highest BCUT2D eigenvalue weighted by atomic mass is 16.1. The van der Waals surface area contributed by atoms with Crippen molar-refractivity contribution in [1.82, 2.24) is 9.97 Å². The molecule has 1 amide bonds. The van der Waals surface area contributed by atoms with Crippen LogP contribution in [0.2, 0.25) is 0 Å². The van der Waals surface area contributed by atoms with Crippen molar-refractivity contribution >= 4 is 17.4 Å². The second-order valence-electron chi connectivity index (χ2n) is 6.85. The van der Waals surface area contributed by atoms with Crippen LogP contribution in [0.15, 0.2) is 36.7 Å². The minimum atomic E-state index is -0.237. The van der Waals surface area contributed by atoms with Gasteiger partial charge >= 0.3 is 0 Å². The summed E-state index contributed by atoms with van der Waals surface area (Å²) in [5.41, 5.74) is 2.43. The van der Waals surface area contributed by atoms with Gasteiger partial charge in [0.15, 0.2) is 0 Å². The van der Waals surface area contributed by atoms with E-state index in [1.807, 2.05) is 24.3 Å². The number of benzene rings is 1. The number of rotatable bonds is 6. The van der Waals surface area contributed by atoms with Crippen molar-refractivity contribution in [3.05, 3.63) is 47.9 Å². The topological polar surface area (TPSA) is 66.9 Å². The standard InChI is InChI=1S/C19H26N4O/c1-5-6-11-20-17-12-16(21-13-22-17)18(24)23-15-9-7-14(8-10-15)19(2,3)4/h7-10,12-13H,5-6,11H2,1-4H3,(H,23,24)(H,20,21,22). The van der Waals surface area contributed by atoms with E-state index in [-0.39, 0.29) is 11.3 Å². The van der Waals surface area contributed by atoms with Crippen LogP contribution in [0.3, 0.4) is 0 Å². The van der Waals surface area contributed by atoms with Crippen molar-refractivity contribution in [2.24, 2.45) is 0 Å². The van der Waals surface area contributed by atoms with E-state index in [1.165, 1.54) is 11.9 Å². The van der Waals surface area contributed by atoms with Crippen molar-refractivity contribution in [3.63, 3.8) is 0 Å². The lowest BCUT2D eigenvalue weighted by Gasteiger charge is -2.19. The van der Waals surface area contributed by atoms with E-state index in [1.54, 1.807) is 6.07 Å². The summed E-state index contributed by atoms with van der Waals surface area (Å²) in [5, 5.41) is 6.07. The first-order valence-corrected chi connectivity index (χ1v) is 8.38. The van der Waals surface area contributed by atoms with Crippen LogP contribution < -0.4 is 10.6 Å². The number of amides is 1. The third-order valence-corrected chi connectivity index (χ3v) is 3.74. The lowest BCUT2D eigenvalue weighted by atomic mass is 9.87. The molecule has 2 N–H and O–H groups in total. The van der Waals surface area contributed by atoms with Gasteiger partial charge in [0.1, 0.15) is 17.8 Å². The minimum absolute atomic E-state index is 0.0915. The summed E-state index contributed by atoms with van der Waals surface area (Å²) in [4.78, 5) is 20.5. The van der Waals surface area contributed by atoms with E-state index < -0.39 is 0 Å². The third kappa shape index (κ3) is 5.05. The number of hydrogen-bond donors (Lipinski definition) is 2. The van der Waals surface area contributed by atoms with Gasteiger partial charge in [-0.15, -0.1) is 0 Å². The maximum absolute atomic E-state index is 12.3. The number of unbranched alkanes of at least 4 members (excludes halogenated alkanes) is 1. The molecule has 24 heavy (non-hydrogen) atoms. The Morgan fingerprint density at radius 3 is 2.46 bits per heavy atom. The Bertz CT molecular complexity index is 675. The molecule has 5 nitrogen and oxygen atoms in total. The minimum Gasteiger partial charge on any atom is -0.370 e. The molecule has 0 aliphatic rings. The molecule has 5 heteroatoms. The molecule has 2 rings (SSSR count). The molecular formula is C19H26N4O. The summed E-state index contributed by atoms with van der Waals surface area (Å²) >= 11 is 0. The van der Waals surface area contributed by atoms with Crippen LogP contribution in [0.1, 0.15) is 56.6 Å². The van der Waals surface area contributed by atoms with Crippen LogP contribution in [0.4, 0.5) is 11.5 Å². The highest BCUT2D eigenvalue weighted by molar-refractivity contribution is 6.03. The van der Waals surface area contributed by atoms with Crippen molar-refractivity contribution in [2.45, 2.75) is 46.0 Å². The normalized spacial score (nSPS) is 11.2. The van der Waals surface area contributed by atoms with Crippen LogP contribution in [-0.4, -0.2) is 22.4 Å². The summed E-state index contributed by atoms with van der Waals surface area (Å²) in [6, 6.07) is 9.58. The molecule has 128 valence electrons. The Morgan fingerprint density at radius 1 is 1.12 bits per heavy atom. The van der Waals surface area contributed by atoms with E-state index in [4.69, 9.17) is 0 Å². The van der Waals surface area contributed by atoms with Crippen molar-refractivity contribution in [3.8, 4) is 0 Å². The van der Waals surface area contributed by atoms with Gasteiger partial charge in [0.05, 0.1) is 0 Å². The molecule has 0 aliphatic heterocycles. The molecule has 0 fully saturated rings. The molecule has 0 saturated heterocycles. The molecule has 0 aliphatic carbocycles. The third-order valence-electron chi connectivity index (χ3n) is 3.74. The predicted octanol–water partition coefficient (Wildman–Crippen LogP) is 4.24. The fraction of sp³-hybridized carbons (Fsp3) is 0.421. The number of aromatic nitrogens is 2. The summed E-state index contributed by atoms with van der Waals surface area (Å²) in [6.07, 6.45) is 3.58. The molecule has 0 atom stereocenters. The van der Waals surface area contributed by atoms with Crippen LogP contribution in [-0.2, 0) is 5.41 Å². The molecular weight excluding hydrogens is 300 g/mol. The lowest BCUT2D eigenvalue weighted by Crippen LogP contribution is -2.15. The summed E-state index contributed by atoms with van der Waals surface area (Å²) in [5.74, 6) is 0.436. The zero-order chi connectivity index (χ0) is 17.6. The second-order valence-corrected chi connectivity index (χ2v) is 6.85. The van der Waals surface area contributed by atoms with Gasteiger partial charge in [-0.05, 0) is 29.5 Å². The lowest BCUT2D eigenvalue weighted by molar-refractivity contribution is 0.102. The number of hydrogen-bond acceptors (Lipinski definition) is 4. The van der Waals surface area contributed by atoms with E-state index in [0.717, 1.165) is 25.1 Å². The average Bonchev–Trinajstić information content (AvgIpc) is 2.55. The van der Waals surface area contributed by atoms with Gasteiger partial charge in [-0.25, -0.2) is 9.97 Å². The molecule has 1 aromatic heterocycles. The number of carbonyl (C=O) groups excluding carboxylic acids is 1. The molecule has 2 aromatic rings.